The summed E-state index contributed by atoms with van der Waals surface area (Å²) in [5.41, 5.74) is 1.12. The van der Waals surface area contributed by atoms with Crippen LogP contribution >= 0.6 is 23.4 Å². The molecule has 0 amide bonds. The number of aromatic nitrogens is 1. The molecule has 14 heavy (non-hydrogen) atoms. The van der Waals surface area contributed by atoms with Gasteiger partial charge in [-0.1, -0.05) is 11.6 Å². The second-order valence-corrected chi connectivity index (χ2v) is 4.38. The highest BCUT2D eigenvalue weighted by atomic mass is 35.5. The Morgan fingerprint density at radius 1 is 1.57 bits per heavy atom. The minimum Gasteiger partial charge on any atom is -0.313 e. The normalized spacial score (nSPS) is 10.4. The van der Waals surface area contributed by atoms with E-state index in [1.54, 1.807) is 12.4 Å². The van der Waals surface area contributed by atoms with Crippen molar-refractivity contribution < 1.29 is 0 Å². The maximum atomic E-state index is 5.96. The van der Waals surface area contributed by atoms with E-state index in [-0.39, 0.29) is 0 Å². The van der Waals surface area contributed by atoms with E-state index in [9.17, 15) is 0 Å². The molecule has 1 rings (SSSR count). The summed E-state index contributed by atoms with van der Waals surface area (Å²) in [5, 5.41) is 4.09. The van der Waals surface area contributed by atoms with Gasteiger partial charge in [-0.3, -0.25) is 4.98 Å². The first kappa shape index (κ1) is 11.8. The molecule has 0 spiro atoms. The molecule has 1 aromatic heterocycles. The third-order valence-electron chi connectivity index (χ3n) is 1.87. The summed E-state index contributed by atoms with van der Waals surface area (Å²) in [4.78, 5) is 3.94. The van der Waals surface area contributed by atoms with E-state index in [1.807, 2.05) is 17.8 Å². The summed E-state index contributed by atoms with van der Waals surface area (Å²) in [6.07, 6.45) is 6.77. The van der Waals surface area contributed by atoms with Crippen LogP contribution in [-0.4, -0.2) is 23.5 Å². The Bertz CT molecular complexity index is 268. The highest BCUT2D eigenvalue weighted by Gasteiger charge is 1.97. The Morgan fingerprint density at radius 2 is 2.43 bits per heavy atom. The first-order chi connectivity index (χ1) is 6.84. The van der Waals surface area contributed by atoms with E-state index in [4.69, 9.17) is 11.6 Å². The van der Waals surface area contributed by atoms with E-state index >= 15 is 0 Å². The molecule has 78 valence electrons. The number of halogens is 1. The summed E-state index contributed by atoms with van der Waals surface area (Å²) in [5.74, 6) is 1.21. The van der Waals surface area contributed by atoms with E-state index in [0.29, 0.717) is 0 Å². The second-order valence-electron chi connectivity index (χ2n) is 2.99. The fraction of sp³-hybridized carbons (Fsp3) is 0.500. The molecule has 0 saturated heterocycles. The Hall–Kier alpha value is -0.250. The van der Waals surface area contributed by atoms with Gasteiger partial charge in [-0.25, -0.2) is 0 Å². The average molecular weight is 231 g/mol. The van der Waals surface area contributed by atoms with Gasteiger partial charge < -0.3 is 5.32 Å². The molecular formula is C10H15ClN2S. The zero-order valence-corrected chi connectivity index (χ0v) is 9.87. The van der Waals surface area contributed by atoms with Crippen molar-refractivity contribution >= 4 is 23.4 Å². The lowest BCUT2D eigenvalue weighted by Crippen LogP contribution is -2.15. The molecule has 2 nitrogen and oxygen atoms in total. The highest BCUT2D eigenvalue weighted by molar-refractivity contribution is 7.98. The Balaban J connectivity index is 2.21. The fourth-order valence-corrected chi connectivity index (χ4v) is 1.73. The molecular weight excluding hydrogens is 216 g/mol. The summed E-state index contributed by atoms with van der Waals surface area (Å²) in [6, 6.07) is 1.95. The molecule has 1 heterocycles. The van der Waals surface area contributed by atoms with Crippen molar-refractivity contribution in [1.82, 2.24) is 10.3 Å². The fourth-order valence-electron chi connectivity index (χ4n) is 1.11. The highest BCUT2D eigenvalue weighted by Crippen LogP contribution is 2.12. The minimum atomic E-state index is 0.741. The average Bonchev–Trinajstić information content (AvgIpc) is 2.20. The third kappa shape index (κ3) is 4.31. The largest absolute Gasteiger partial charge is 0.313 e. The zero-order valence-electron chi connectivity index (χ0n) is 8.29. The SMILES string of the molecule is CSCCCNCc1ccncc1Cl. The van der Waals surface area contributed by atoms with Crippen molar-refractivity contribution in [2.24, 2.45) is 0 Å². The van der Waals surface area contributed by atoms with Crippen molar-refractivity contribution in [3.05, 3.63) is 29.0 Å². The van der Waals surface area contributed by atoms with Crippen molar-refractivity contribution in [2.45, 2.75) is 13.0 Å². The number of hydrogen-bond donors (Lipinski definition) is 1. The van der Waals surface area contributed by atoms with Crippen LogP contribution in [0.2, 0.25) is 5.02 Å². The van der Waals surface area contributed by atoms with Gasteiger partial charge in [0.1, 0.15) is 0 Å². The third-order valence-corrected chi connectivity index (χ3v) is 2.91. The summed E-state index contributed by atoms with van der Waals surface area (Å²) in [7, 11) is 0. The predicted molar refractivity (Wildman–Crippen MR) is 64.0 cm³/mol. The Labute approximate surface area is 94.5 Å². The standard InChI is InChI=1S/C10H15ClN2S/c1-14-6-2-4-12-7-9-3-5-13-8-10(9)11/h3,5,8,12H,2,4,6-7H2,1H3. The van der Waals surface area contributed by atoms with Gasteiger partial charge >= 0.3 is 0 Å². The quantitative estimate of drug-likeness (QED) is 0.761. The van der Waals surface area contributed by atoms with Crippen LogP contribution in [0, 0.1) is 0 Å². The van der Waals surface area contributed by atoms with Crippen LogP contribution in [-0.2, 0) is 6.54 Å². The van der Waals surface area contributed by atoms with E-state index in [0.717, 1.165) is 23.7 Å². The summed E-state index contributed by atoms with van der Waals surface area (Å²) < 4.78 is 0. The molecule has 4 heteroatoms. The van der Waals surface area contributed by atoms with E-state index in [1.165, 1.54) is 12.2 Å². The molecule has 0 atom stereocenters. The van der Waals surface area contributed by atoms with Gasteiger partial charge in [0.05, 0.1) is 5.02 Å². The molecule has 1 N–H and O–H groups in total. The van der Waals surface area contributed by atoms with Crippen molar-refractivity contribution in [3.63, 3.8) is 0 Å². The van der Waals surface area contributed by atoms with Gasteiger partial charge in [0, 0.05) is 18.9 Å². The molecule has 0 aliphatic heterocycles. The van der Waals surface area contributed by atoms with Crippen LogP contribution in [0.25, 0.3) is 0 Å². The Morgan fingerprint density at radius 3 is 3.14 bits per heavy atom. The van der Waals surface area contributed by atoms with Crippen molar-refractivity contribution in [1.29, 1.82) is 0 Å². The number of thioether (sulfide) groups is 1. The van der Waals surface area contributed by atoms with Crippen molar-refractivity contribution in [3.8, 4) is 0 Å². The maximum absolute atomic E-state index is 5.96. The number of nitrogens with one attached hydrogen (secondary N) is 1. The number of nitrogens with zero attached hydrogens (tertiary/aromatic N) is 1. The summed E-state index contributed by atoms with van der Waals surface area (Å²) >= 11 is 7.83. The lowest BCUT2D eigenvalue weighted by Gasteiger charge is -2.05. The molecule has 0 unspecified atom stereocenters. The first-order valence-electron chi connectivity index (χ1n) is 4.62. The van der Waals surface area contributed by atoms with Crippen LogP contribution in [0.4, 0.5) is 0 Å². The number of rotatable bonds is 6. The topological polar surface area (TPSA) is 24.9 Å². The number of hydrogen-bond acceptors (Lipinski definition) is 3. The molecule has 0 bridgehead atoms. The van der Waals surface area contributed by atoms with Crippen molar-refractivity contribution in [2.75, 3.05) is 18.6 Å². The second kappa shape index (κ2) is 7.10. The van der Waals surface area contributed by atoms with Gasteiger partial charge in [0.25, 0.3) is 0 Å². The molecule has 0 aliphatic carbocycles. The molecule has 0 aromatic carbocycles. The van der Waals surface area contributed by atoms with Crippen LogP contribution in [0.15, 0.2) is 18.5 Å². The first-order valence-corrected chi connectivity index (χ1v) is 6.40. The van der Waals surface area contributed by atoms with Crippen LogP contribution in [0.1, 0.15) is 12.0 Å². The van der Waals surface area contributed by atoms with E-state index < -0.39 is 0 Å². The van der Waals surface area contributed by atoms with Crippen LogP contribution in [0.3, 0.4) is 0 Å². The van der Waals surface area contributed by atoms with E-state index in [2.05, 4.69) is 16.6 Å². The van der Waals surface area contributed by atoms with Crippen LogP contribution in [0.5, 0.6) is 0 Å². The van der Waals surface area contributed by atoms with Gasteiger partial charge in [0.2, 0.25) is 0 Å². The van der Waals surface area contributed by atoms with Gasteiger partial charge in [0.15, 0.2) is 0 Å². The zero-order chi connectivity index (χ0) is 10.2. The monoisotopic (exact) mass is 230 g/mol. The predicted octanol–water partition coefficient (Wildman–Crippen LogP) is 2.58. The maximum Gasteiger partial charge on any atom is 0.0634 e. The lowest BCUT2D eigenvalue weighted by atomic mass is 10.2. The molecule has 0 saturated carbocycles. The van der Waals surface area contributed by atoms with Crippen LogP contribution < -0.4 is 5.32 Å². The molecule has 0 aliphatic rings. The van der Waals surface area contributed by atoms with Gasteiger partial charge in [-0.05, 0) is 36.6 Å². The molecule has 0 radical (unpaired) electrons. The Kier molecular flexibility index (Phi) is 5.99. The van der Waals surface area contributed by atoms with Gasteiger partial charge in [-0.2, -0.15) is 11.8 Å². The minimum absolute atomic E-state index is 0.741. The summed E-state index contributed by atoms with van der Waals surface area (Å²) in [6.45, 7) is 1.87. The lowest BCUT2D eigenvalue weighted by molar-refractivity contribution is 0.678. The molecule has 1 aromatic rings. The smallest absolute Gasteiger partial charge is 0.0634 e. The van der Waals surface area contributed by atoms with Gasteiger partial charge in [-0.15, -0.1) is 0 Å². The number of pyridine rings is 1. The molecule has 0 fully saturated rings.